The van der Waals surface area contributed by atoms with E-state index in [4.69, 9.17) is 4.98 Å². The Labute approximate surface area is 334 Å². The van der Waals surface area contributed by atoms with Crippen LogP contribution in [0.1, 0.15) is 104 Å². The monoisotopic (exact) mass is 957 g/mol. The van der Waals surface area contributed by atoms with Gasteiger partial charge < -0.3 is 5.11 Å². The van der Waals surface area contributed by atoms with Crippen LogP contribution in [-0.2, 0) is 24.9 Å². The van der Waals surface area contributed by atoms with E-state index in [2.05, 4.69) is 106 Å². The summed E-state index contributed by atoms with van der Waals surface area (Å²) >= 11 is 0.0241. The maximum atomic E-state index is 12.2. The number of aliphatic hydroxyl groups is 1. The van der Waals surface area contributed by atoms with Crippen LogP contribution in [-0.4, -0.2) is 29.1 Å². The zero-order valence-electron chi connectivity index (χ0n) is 33.8. The van der Waals surface area contributed by atoms with Crippen molar-refractivity contribution in [2.45, 2.75) is 118 Å². The number of nitrogens with zero attached hydrogens (tertiary/aromatic N) is 1. The number of hydrogen-bond donors (Lipinski definition) is 1. The van der Waals surface area contributed by atoms with Crippen molar-refractivity contribution < 1.29 is 30.0 Å². The van der Waals surface area contributed by atoms with Gasteiger partial charge in [-0.3, -0.25) is 4.79 Å². The van der Waals surface area contributed by atoms with Crippen LogP contribution in [0, 0.1) is 30.7 Å². The number of allylic oxidation sites excluding steroid dienone is 2. The molecule has 0 bridgehead atoms. The number of thiophene rings is 1. The van der Waals surface area contributed by atoms with Gasteiger partial charge in [0, 0.05) is 37.0 Å². The number of aryl methyl sites for hydroxylation is 2. The fourth-order valence-corrected chi connectivity index (χ4v) is 10.5. The van der Waals surface area contributed by atoms with Crippen molar-refractivity contribution in [3.8, 4) is 21.7 Å². The smallest absolute Gasteiger partial charge is 0 e. The van der Waals surface area contributed by atoms with E-state index >= 15 is 0 Å². The Balaban J connectivity index is 0.000000347. The molecule has 0 saturated heterocycles. The Morgan fingerprint density at radius 1 is 0.904 bits per heavy atom. The van der Waals surface area contributed by atoms with Crippen molar-refractivity contribution in [2.24, 2.45) is 10.8 Å². The fraction of sp³-hybridized carbons (Fsp3) is 0.435. The first-order chi connectivity index (χ1) is 23.9. The van der Waals surface area contributed by atoms with E-state index in [0.717, 1.165) is 42.3 Å². The largest absolute Gasteiger partial charge is 0 e. The molecule has 0 unspecified atom stereocenters. The molecule has 52 heavy (non-hydrogen) atoms. The summed E-state index contributed by atoms with van der Waals surface area (Å²) in [6.45, 7) is 21.1. The van der Waals surface area contributed by atoms with Gasteiger partial charge >= 0.3 is 179 Å². The van der Waals surface area contributed by atoms with Gasteiger partial charge in [0.05, 0.1) is 0 Å². The van der Waals surface area contributed by atoms with Crippen LogP contribution in [0.15, 0.2) is 72.6 Å². The summed E-state index contributed by atoms with van der Waals surface area (Å²) in [5.41, 5.74) is 6.97. The molecule has 1 radical (unpaired) electrons. The predicted octanol–water partition coefficient (Wildman–Crippen LogP) is 13.5. The van der Waals surface area contributed by atoms with Gasteiger partial charge in [0.1, 0.15) is 5.76 Å². The molecule has 0 spiro atoms. The number of ketones is 1. The second-order valence-corrected chi connectivity index (χ2v) is 27.8. The summed E-state index contributed by atoms with van der Waals surface area (Å²) in [5.74, 6) is 8.11. The maximum absolute atomic E-state index is 12.2. The van der Waals surface area contributed by atoms with Crippen molar-refractivity contribution in [3.05, 3.63) is 95.4 Å². The van der Waals surface area contributed by atoms with Gasteiger partial charge in [0.15, 0.2) is 5.78 Å². The first-order valence-corrected chi connectivity index (χ1v) is 27.0. The number of aromatic nitrogens is 1. The number of carbonyl (C=O) groups is 1. The Morgan fingerprint density at radius 2 is 1.52 bits per heavy atom. The molecule has 3 aromatic carbocycles. The van der Waals surface area contributed by atoms with Crippen LogP contribution >= 0.6 is 11.3 Å². The summed E-state index contributed by atoms with van der Waals surface area (Å²) in [6.07, 6.45) is 6.71. The third-order valence-corrected chi connectivity index (χ3v) is 17.1. The Morgan fingerprint density at radius 3 is 2.08 bits per heavy atom. The van der Waals surface area contributed by atoms with Crippen LogP contribution in [0.4, 0.5) is 0 Å². The number of hydrogen-bond acceptors (Lipinski definition) is 4. The number of carbonyl (C=O) groups excluding carboxylic acids is 1. The third kappa shape index (κ3) is 9.20. The van der Waals surface area contributed by atoms with E-state index in [1.807, 2.05) is 59.1 Å². The van der Waals surface area contributed by atoms with Crippen molar-refractivity contribution in [2.75, 3.05) is 0 Å². The van der Waals surface area contributed by atoms with E-state index in [0.29, 0.717) is 5.92 Å². The van der Waals surface area contributed by atoms with Crippen LogP contribution in [0.3, 0.4) is 0 Å². The average Bonchev–Trinajstić information content (AvgIpc) is 3.45. The molecular formula is C46H60GeIrNO2S-. The molecule has 0 atom stereocenters. The van der Waals surface area contributed by atoms with Gasteiger partial charge in [-0.25, -0.2) is 0 Å². The van der Waals surface area contributed by atoms with E-state index in [9.17, 15) is 9.90 Å². The van der Waals surface area contributed by atoms with Gasteiger partial charge in [-0.1, -0.05) is 73.6 Å². The van der Waals surface area contributed by atoms with E-state index in [1.165, 1.54) is 48.7 Å². The molecule has 0 aliphatic heterocycles. The standard InChI is InChI=1S/C31H32GeNS.C15H28O2.Ir/c1-19(2)28-18-23(17-22-10-8-9-11-27(22)28)29-31-26(14-15-33-29)21(4)30(34-31)25-13-12-24(16-20(25)3)32(5,6)7;1-7-14(5,8-2)12(16)11-13(17)15(6,9-3)10-4;/h8-16,18-19H,1-7H3;11,16H,7-10H2,1-6H3;/q-1;;/b;12-11-;. The second kappa shape index (κ2) is 17.7. The number of pyridine rings is 1. The second-order valence-electron chi connectivity index (χ2n) is 16.1. The summed E-state index contributed by atoms with van der Waals surface area (Å²) in [6, 6.07) is 23.9. The van der Waals surface area contributed by atoms with Crippen LogP contribution in [0.25, 0.3) is 42.6 Å². The first kappa shape index (κ1) is 43.8. The SMILES string of the molecule is CCC(C)(CC)C(=O)/C=C(\O)C(C)(CC)CC.Cc1c[c]([Ge]([CH3])([CH3])[CH3])ccc1-c1sc2c(-c3[c-]c4ccccc4c(C(C)C)c3)nccc2c1C.[Ir]. The molecule has 0 saturated carbocycles. The minimum Gasteiger partial charge on any atom is 0 e. The summed E-state index contributed by atoms with van der Waals surface area (Å²) in [7, 11) is 0. The first-order valence-electron chi connectivity index (χ1n) is 18.8. The maximum Gasteiger partial charge on any atom is 0 e. The third-order valence-electron chi connectivity index (χ3n) is 11.5. The zero-order valence-corrected chi connectivity index (χ0v) is 39.1. The number of fused-ring (bicyclic) bond motifs is 2. The summed E-state index contributed by atoms with van der Waals surface area (Å²) in [5, 5.41) is 13.9. The van der Waals surface area contributed by atoms with Crippen molar-refractivity contribution in [1.29, 1.82) is 0 Å². The molecule has 0 aliphatic carbocycles. The van der Waals surface area contributed by atoms with E-state index in [1.54, 1.807) is 4.40 Å². The minimum atomic E-state index is -1.85. The van der Waals surface area contributed by atoms with Gasteiger partial charge in [-0.15, -0.1) is 0 Å². The normalized spacial score (nSPS) is 12.5. The zero-order chi connectivity index (χ0) is 37.9. The van der Waals surface area contributed by atoms with Crippen LogP contribution < -0.4 is 4.40 Å². The molecule has 1 N–H and O–H groups in total. The predicted molar refractivity (Wildman–Crippen MR) is 226 cm³/mol. The van der Waals surface area contributed by atoms with Gasteiger partial charge in [-0.2, -0.15) is 0 Å². The van der Waals surface area contributed by atoms with Crippen molar-refractivity contribution in [1.82, 2.24) is 4.98 Å². The number of rotatable bonds is 11. The summed E-state index contributed by atoms with van der Waals surface area (Å²) < 4.78 is 2.82. The molecule has 2 heterocycles. The van der Waals surface area contributed by atoms with Gasteiger partial charge in [0.25, 0.3) is 0 Å². The molecule has 5 aromatic rings. The molecule has 0 aliphatic rings. The molecule has 2 aromatic heterocycles. The van der Waals surface area contributed by atoms with E-state index in [-0.39, 0.29) is 42.5 Å². The Kier molecular flexibility index (Phi) is 14.9. The van der Waals surface area contributed by atoms with Crippen LogP contribution in [0.2, 0.25) is 17.3 Å². The quantitative estimate of drug-likeness (QED) is 0.0621. The van der Waals surface area contributed by atoms with E-state index < -0.39 is 13.3 Å². The molecular weight excluding hydrogens is 895 g/mol. The molecule has 5 rings (SSSR count). The van der Waals surface area contributed by atoms with Crippen molar-refractivity contribution >= 4 is 55.6 Å². The molecule has 0 amide bonds. The number of aliphatic hydroxyl groups excluding tert-OH is 1. The van der Waals surface area contributed by atoms with Gasteiger partial charge in [0.2, 0.25) is 0 Å². The average molecular weight is 956 g/mol. The minimum absolute atomic E-state index is 0. The fourth-order valence-electron chi connectivity index (χ4n) is 6.53. The molecule has 6 heteroatoms. The molecule has 3 nitrogen and oxygen atoms in total. The molecule has 281 valence electrons. The van der Waals surface area contributed by atoms with Gasteiger partial charge in [-0.05, 0) is 25.7 Å². The Bertz CT molecular complexity index is 2040. The van der Waals surface area contributed by atoms with Crippen LogP contribution in [0.5, 0.6) is 0 Å². The molecule has 0 fully saturated rings. The van der Waals surface area contributed by atoms with Crippen molar-refractivity contribution in [3.63, 3.8) is 0 Å². The Hall–Kier alpha value is -2.57. The summed E-state index contributed by atoms with van der Waals surface area (Å²) in [4.78, 5) is 18.4. The topological polar surface area (TPSA) is 50.2 Å². The number of benzene rings is 3.